The first-order valence-corrected chi connectivity index (χ1v) is 20.7. The lowest BCUT2D eigenvalue weighted by molar-refractivity contribution is -0.889. The minimum atomic E-state index is -1.13. The van der Waals surface area contributed by atoms with Crippen LogP contribution < -0.4 is 5.11 Å². The van der Waals surface area contributed by atoms with E-state index >= 15 is 0 Å². The summed E-state index contributed by atoms with van der Waals surface area (Å²) in [5.41, 5.74) is 0. The first-order valence-electron chi connectivity index (χ1n) is 20.7. The number of nitrogens with zero attached hydrogens (tertiary/aromatic N) is 1. The molecule has 0 aliphatic rings. The van der Waals surface area contributed by atoms with Gasteiger partial charge in [0.25, 0.3) is 0 Å². The van der Waals surface area contributed by atoms with Crippen molar-refractivity contribution < 1.29 is 38.2 Å². The van der Waals surface area contributed by atoms with Gasteiger partial charge in [-0.25, -0.2) is 0 Å². The van der Waals surface area contributed by atoms with Crippen LogP contribution in [0.25, 0.3) is 0 Å². The van der Waals surface area contributed by atoms with Crippen molar-refractivity contribution in [1.82, 2.24) is 0 Å². The van der Waals surface area contributed by atoms with Gasteiger partial charge in [-0.15, -0.1) is 0 Å². The van der Waals surface area contributed by atoms with Crippen molar-refractivity contribution in [1.29, 1.82) is 0 Å². The summed E-state index contributed by atoms with van der Waals surface area (Å²) >= 11 is 0. The van der Waals surface area contributed by atoms with Crippen LogP contribution in [-0.2, 0) is 28.6 Å². The lowest BCUT2D eigenvalue weighted by Gasteiger charge is -2.34. The molecule has 0 aromatic carbocycles. The standard InChI is InChI=1S/C44H77NO7/c1-6-8-10-12-14-16-18-20-21-23-25-27-29-31-33-35-43(47)52-40(38-50-37-36-41(44(48)49)45(3,4)5)39-51-42(46)34-32-30-28-26-24-22-19-17-15-13-11-9-7-2/h8,10,14,16,20-21,25,27,40-41H,6-7,9,11-13,15,17-19,22-24,26,28-39H2,1-5H3/b10-8-,16-14-,21-20-,27-25-. The van der Waals surface area contributed by atoms with Crippen molar-refractivity contribution >= 4 is 17.9 Å². The van der Waals surface area contributed by atoms with E-state index in [0.717, 1.165) is 57.8 Å². The van der Waals surface area contributed by atoms with Crippen LogP contribution in [0.15, 0.2) is 48.6 Å². The Morgan fingerprint density at radius 1 is 0.596 bits per heavy atom. The number of quaternary nitrogens is 1. The van der Waals surface area contributed by atoms with Crippen molar-refractivity contribution in [3.63, 3.8) is 0 Å². The number of likely N-dealkylation sites (N-methyl/N-ethyl adjacent to an activating group) is 1. The minimum Gasteiger partial charge on any atom is -0.544 e. The Bertz CT molecular complexity index is 995. The number of carboxylic acids is 1. The Hall–Kier alpha value is -2.71. The molecule has 0 aliphatic carbocycles. The molecule has 0 aromatic heterocycles. The molecule has 0 spiro atoms. The van der Waals surface area contributed by atoms with Gasteiger partial charge in [0.15, 0.2) is 6.10 Å². The van der Waals surface area contributed by atoms with Crippen LogP contribution in [0.1, 0.15) is 162 Å². The number of unbranched alkanes of at least 4 members (excludes halogenated alkanes) is 14. The first kappa shape index (κ1) is 49.3. The van der Waals surface area contributed by atoms with E-state index in [4.69, 9.17) is 14.2 Å². The van der Waals surface area contributed by atoms with Crippen LogP contribution in [0, 0.1) is 0 Å². The van der Waals surface area contributed by atoms with E-state index in [1.807, 2.05) is 0 Å². The second-order valence-electron chi connectivity index (χ2n) is 14.8. The quantitative estimate of drug-likeness (QED) is 0.0274. The number of hydrogen-bond acceptors (Lipinski definition) is 7. The third-order valence-corrected chi connectivity index (χ3v) is 8.98. The SMILES string of the molecule is CC/C=C\C/C=C\C/C=C\C/C=C\CCCCC(=O)OC(COCCC(C(=O)[O-])[N+](C)(C)C)COC(=O)CCCCCCCCCCCCCCC. The highest BCUT2D eigenvalue weighted by Gasteiger charge is 2.25. The molecule has 0 radical (unpaired) electrons. The molecule has 0 bridgehead atoms. The smallest absolute Gasteiger partial charge is 0.306 e. The van der Waals surface area contributed by atoms with Gasteiger partial charge in [-0.3, -0.25) is 9.59 Å². The number of carboxylic acid groups (broad SMARTS) is 1. The van der Waals surface area contributed by atoms with Crippen molar-refractivity contribution in [3.05, 3.63) is 48.6 Å². The Morgan fingerprint density at radius 2 is 1.08 bits per heavy atom. The van der Waals surface area contributed by atoms with E-state index in [9.17, 15) is 19.5 Å². The number of rotatable bonds is 36. The van der Waals surface area contributed by atoms with Gasteiger partial charge >= 0.3 is 11.9 Å². The van der Waals surface area contributed by atoms with Crippen LogP contribution >= 0.6 is 0 Å². The molecule has 8 nitrogen and oxygen atoms in total. The predicted molar refractivity (Wildman–Crippen MR) is 213 cm³/mol. The van der Waals surface area contributed by atoms with Crippen LogP contribution in [0.4, 0.5) is 0 Å². The summed E-state index contributed by atoms with van der Waals surface area (Å²) in [6.45, 7) is 4.49. The van der Waals surface area contributed by atoms with Crippen molar-refractivity contribution in [3.8, 4) is 0 Å². The van der Waals surface area contributed by atoms with Gasteiger partial charge in [0, 0.05) is 19.3 Å². The number of carbonyl (C=O) groups is 3. The Balaban J connectivity index is 4.46. The molecule has 0 fully saturated rings. The van der Waals surface area contributed by atoms with Gasteiger partial charge in [-0.2, -0.15) is 0 Å². The monoisotopic (exact) mass is 732 g/mol. The fraction of sp³-hybridized carbons (Fsp3) is 0.750. The van der Waals surface area contributed by atoms with E-state index in [1.54, 1.807) is 21.1 Å². The van der Waals surface area contributed by atoms with E-state index in [1.165, 1.54) is 64.2 Å². The normalized spacial score (nSPS) is 13.5. The van der Waals surface area contributed by atoms with Gasteiger partial charge in [-0.1, -0.05) is 140 Å². The third kappa shape index (κ3) is 33.1. The van der Waals surface area contributed by atoms with E-state index in [2.05, 4.69) is 62.5 Å². The highest BCUT2D eigenvalue weighted by Crippen LogP contribution is 2.14. The summed E-state index contributed by atoms with van der Waals surface area (Å²) in [4.78, 5) is 36.7. The number of esters is 2. The topological polar surface area (TPSA) is 102 Å². The largest absolute Gasteiger partial charge is 0.544 e. The summed E-state index contributed by atoms with van der Waals surface area (Å²) in [7, 11) is 5.38. The Labute approximate surface area is 318 Å². The highest BCUT2D eigenvalue weighted by molar-refractivity contribution is 5.70. The van der Waals surface area contributed by atoms with E-state index in [0.29, 0.717) is 12.8 Å². The number of hydrogen-bond donors (Lipinski definition) is 0. The fourth-order valence-electron chi connectivity index (χ4n) is 5.77. The average Bonchev–Trinajstić information content (AvgIpc) is 3.09. The highest BCUT2D eigenvalue weighted by atomic mass is 16.6. The minimum absolute atomic E-state index is 0.0244. The zero-order chi connectivity index (χ0) is 38.5. The molecule has 0 amide bonds. The molecule has 2 unspecified atom stereocenters. The molecule has 0 aromatic rings. The third-order valence-electron chi connectivity index (χ3n) is 8.98. The molecule has 0 saturated heterocycles. The maximum absolute atomic E-state index is 12.7. The molecule has 8 heteroatoms. The van der Waals surface area contributed by atoms with Crippen LogP contribution in [0.3, 0.4) is 0 Å². The second-order valence-corrected chi connectivity index (χ2v) is 14.8. The van der Waals surface area contributed by atoms with E-state index < -0.39 is 18.1 Å². The number of aliphatic carboxylic acids is 1. The summed E-state index contributed by atoms with van der Waals surface area (Å²) in [5, 5.41) is 11.6. The van der Waals surface area contributed by atoms with Crippen LogP contribution in [-0.4, -0.2) is 75.5 Å². The van der Waals surface area contributed by atoms with Gasteiger partial charge < -0.3 is 28.6 Å². The van der Waals surface area contributed by atoms with Crippen LogP contribution in [0.2, 0.25) is 0 Å². The maximum Gasteiger partial charge on any atom is 0.306 e. The van der Waals surface area contributed by atoms with Crippen molar-refractivity contribution in [2.24, 2.45) is 0 Å². The molecular weight excluding hydrogens is 654 g/mol. The molecule has 0 N–H and O–H groups in total. The summed E-state index contributed by atoms with van der Waals surface area (Å²) in [6, 6.07) is -0.732. The number of carbonyl (C=O) groups excluding carboxylic acids is 3. The molecule has 0 rings (SSSR count). The van der Waals surface area contributed by atoms with E-state index in [-0.39, 0.29) is 49.1 Å². The fourth-order valence-corrected chi connectivity index (χ4v) is 5.77. The lowest BCUT2D eigenvalue weighted by Crippen LogP contribution is -2.55. The number of allylic oxidation sites excluding steroid dienone is 8. The Morgan fingerprint density at radius 3 is 1.60 bits per heavy atom. The average molecular weight is 732 g/mol. The molecule has 2 atom stereocenters. The first-order chi connectivity index (χ1) is 25.1. The van der Waals surface area contributed by atoms with Gasteiger partial charge in [0.2, 0.25) is 0 Å². The van der Waals surface area contributed by atoms with Gasteiger partial charge in [0.05, 0.1) is 40.3 Å². The second kappa shape index (κ2) is 35.3. The summed E-state index contributed by atoms with van der Waals surface area (Å²) < 4.78 is 17.1. The van der Waals surface area contributed by atoms with Crippen molar-refractivity contribution in [2.45, 2.75) is 174 Å². The van der Waals surface area contributed by atoms with Gasteiger partial charge in [0.1, 0.15) is 12.6 Å². The maximum atomic E-state index is 12.7. The van der Waals surface area contributed by atoms with Gasteiger partial charge in [-0.05, 0) is 51.4 Å². The lowest BCUT2D eigenvalue weighted by atomic mass is 10.0. The van der Waals surface area contributed by atoms with Crippen LogP contribution in [0.5, 0.6) is 0 Å². The zero-order valence-corrected chi connectivity index (χ0v) is 34.0. The summed E-state index contributed by atoms with van der Waals surface area (Å²) in [5.74, 6) is -1.79. The Kier molecular flexibility index (Phi) is 33.5. The molecule has 0 heterocycles. The molecule has 52 heavy (non-hydrogen) atoms. The summed E-state index contributed by atoms with van der Waals surface area (Å²) in [6.07, 6.45) is 39.9. The molecule has 0 aliphatic heterocycles. The number of ether oxygens (including phenoxy) is 3. The molecular formula is C44H77NO7. The molecule has 300 valence electrons. The zero-order valence-electron chi connectivity index (χ0n) is 34.0. The molecule has 0 saturated carbocycles. The van der Waals surface area contributed by atoms with Crippen molar-refractivity contribution in [2.75, 3.05) is 41.0 Å². The predicted octanol–water partition coefficient (Wildman–Crippen LogP) is 9.52.